The van der Waals surface area contributed by atoms with Crippen LogP contribution in [0.3, 0.4) is 0 Å². The molecule has 2 aromatic carbocycles. The molecule has 4 aromatic rings. The normalized spacial score (nSPS) is 22.7. The van der Waals surface area contributed by atoms with E-state index in [1.54, 1.807) is 30.3 Å². The molecule has 0 saturated carbocycles. The second kappa shape index (κ2) is 11.3. The van der Waals surface area contributed by atoms with Crippen molar-refractivity contribution in [1.29, 1.82) is 5.26 Å². The van der Waals surface area contributed by atoms with Crippen molar-refractivity contribution in [2.75, 3.05) is 11.5 Å². The number of aromatic nitrogens is 3. The van der Waals surface area contributed by atoms with E-state index in [2.05, 4.69) is 9.47 Å². The van der Waals surface area contributed by atoms with Crippen molar-refractivity contribution in [3.05, 3.63) is 82.9 Å². The lowest BCUT2D eigenvalue weighted by Gasteiger charge is -2.40. The Labute approximate surface area is 248 Å². The number of anilines is 1. The highest BCUT2D eigenvalue weighted by molar-refractivity contribution is 5.92. The lowest BCUT2D eigenvalue weighted by Crippen LogP contribution is -2.44. The Morgan fingerprint density at radius 1 is 1.09 bits per heavy atom. The highest BCUT2D eigenvalue weighted by atomic mass is 19.1. The zero-order valence-electron chi connectivity index (χ0n) is 23.7. The van der Waals surface area contributed by atoms with Gasteiger partial charge >= 0.3 is 5.97 Å². The molecule has 10 heteroatoms. The van der Waals surface area contributed by atoms with Gasteiger partial charge in [0.05, 0.1) is 40.9 Å². The summed E-state index contributed by atoms with van der Waals surface area (Å²) in [6.07, 6.45) is 6.19. The number of carboxylic acid groups (broad SMARTS) is 1. The summed E-state index contributed by atoms with van der Waals surface area (Å²) < 4.78 is 28.1. The van der Waals surface area contributed by atoms with E-state index in [0.717, 1.165) is 67.8 Å². The molecule has 2 bridgehead atoms. The number of benzene rings is 2. The van der Waals surface area contributed by atoms with E-state index in [1.165, 1.54) is 6.07 Å². The Morgan fingerprint density at radius 3 is 2.60 bits per heavy atom. The Morgan fingerprint density at radius 2 is 1.91 bits per heavy atom. The van der Waals surface area contributed by atoms with Gasteiger partial charge in [0.2, 0.25) is 5.88 Å². The first-order chi connectivity index (χ1) is 20.9. The Bertz CT molecular complexity index is 1710. The number of nitriles is 1. The fourth-order valence-corrected chi connectivity index (χ4v) is 6.90. The first kappa shape index (κ1) is 27.3. The number of carbonyl (C=O) groups is 1. The SMILES string of the molecule is N#Cc1ccc(COc2cccc(N3C4CC[C@@H]3CC(Cc3nc5ccc(C(=O)O)cc5n3C[C@@H]3CCO3)C4)n2)c(F)c1. The molecule has 4 atom stereocenters. The summed E-state index contributed by atoms with van der Waals surface area (Å²) in [5.41, 5.74) is 2.59. The van der Waals surface area contributed by atoms with Gasteiger partial charge in [-0.25, -0.2) is 14.2 Å². The summed E-state index contributed by atoms with van der Waals surface area (Å²) in [5, 5.41) is 18.5. The van der Waals surface area contributed by atoms with E-state index in [4.69, 9.17) is 24.7 Å². The summed E-state index contributed by atoms with van der Waals surface area (Å²) >= 11 is 0. The molecule has 3 saturated heterocycles. The van der Waals surface area contributed by atoms with Crippen LogP contribution in [0.5, 0.6) is 5.88 Å². The van der Waals surface area contributed by atoms with Crippen LogP contribution < -0.4 is 9.64 Å². The Kier molecular flexibility index (Phi) is 7.19. The van der Waals surface area contributed by atoms with Crippen LogP contribution in [0.25, 0.3) is 11.0 Å². The number of carboxylic acids is 1. The van der Waals surface area contributed by atoms with Crippen LogP contribution in [0.1, 0.15) is 59.4 Å². The largest absolute Gasteiger partial charge is 0.478 e. The third kappa shape index (κ3) is 5.41. The van der Waals surface area contributed by atoms with Gasteiger partial charge in [0.1, 0.15) is 24.1 Å². The zero-order chi connectivity index (χ0) is 29.5. The van der Waals surface area contributed by atoms with Gasteiger partial charge in [-0.05, 0) is 74.4 Å². The molecule has 2 unspecified atom stereocenters. The number of aromatic carboxylic acids is 1. The molecule has 43 heavy (non-hydrogen) atoms. The van der Waals surface area contributed by atoms with Crippen LogP contribution in [0, 0.1) is 23.1 Å². The number of pyridine rings is 1. The number of rotatable bonds is 9. The first-order valence-electron chi connectivity index (χ1n) is 14.9. The molecular formula is C33H32FN5O4. The van der Waals surface area contributed by atoms with Crippen molar-refractivity contribution in [2.24, 2.45) is 5.92 Å². The van der Waals surface area contributed by atoms with Crippen molar-refractivity contribution < 1.29 is 23.8 Å². The monoisotopic (exact) mass is 581 g/mol. The summed E-state index contributed by atoms with van der Waals surface area (Å²) in [6, 6.07) is 17.9. The fourth-order valence-electron chi connectivity index (χ4n) is 6.90. The molecule has 0 amide bonds. The highest BCUT2D eigenvalue weighted by Crippen LogP contribution is 2.42. The van der Waals surface area contributed by atoms with Crippen molar-refractivity contribution in [2.45, 2.75) is 69.9 Å². The van der Waals surface area contributed by atoms with Crippen LogP contribution in [0.15, 0.2) is 54.6 Å². The molecule has 0 spiro atoms. The zero-order valence-corrected chi connectivity index (χ0v) is 23.7. The molecule has 9 nitrogen and oxygen atoms in total. The predicted molar refractivity (Wildman–Crippen MR) is 156 cm³/mol. The molecule has 3 aliphatic rings. The second-order valence-corrected chi connectivity index (χ2v) is 11.8. The number of fused-ring (bicyclic) bond motifs is 3. The Hall–Kier alpha value is -4.49. The third-order valence-corrected chi connectivity index (χ3v) is 9.09. The van der Waals surface area contributed by atoms with Crippen molar-refractivity contribution in [3.8, 4) is 11.9 Å². The Balaban J connectivity index is 1.06. The average molecular weight is 582 g/mol. The highest BCUT2D eigenvalue weighted by Gasteiger charge is 2.42. The van der Waals surface area contributed by atoms with Gasteiger partial charge in [-0.1, -0.05) is 12.1 Å². The molecule has 1 N–H and O–H groups in total. The van der Waals surface area contributed by atoms with E-state index in [9.17, 15) is 14.3 Å². The van der Waals surface area contributed by atoms with E-state index in [1.807, 2.05) is 24.3 Å². The summed E-state index contributed by atoms with van der Waals surface area (Å²) in [7, 11) is 0. The maximum absolute atomic E-state index is 14.3. The number of halogens is 1. The molecule has 0 radical (unpaired) electrons. The van der Waals surface area contributed by atoms with Crippen LogP contribution in [-0.4, -0.2) is 50.4 Å². The van der Waals surface area contributed by atoms with Gasteiger partial charge in [0.25, 0.3) is 0 Å². The van der Waals surface area contributed by atoms with Crippen molar-refractivity contribution >= 4 is 22.8 Å². The maximum atomic E-state index is 14.3. The maximum Gasteiger partial charge on any atom is 0.335 e. The number of piperidine rings is 1. The van der Waals surface area contributed by atoms with E-state index in [-0.39, 0.29) is 23.8 Å². The lowest BCUT2D eigenvalue weighted by atomic mass is 9.88. The van der Waals surface area contributed by atoms with E-state index < -0.39 is 11.8 Å². The molecular weight excluding hydrogens is 549 g/mol. The molecule has 220 valence electrons. The standard InChI is InChI=1S/C33H32FN5O4/c34-27-14-20(17-35)4-5-23(27)19-43-32-3-1-2-30(37-32)39-24-7-8-25(39)13-21(12-24)15-31-36-28-9-6-22(33(40)41)16-29(28)38(31)18-26-10-11-42-26/h1-6,9,14,16,21,24-26H,7-8,10-13,15,18-19H2,(H,40,41)/t21?,24-,25?,26+/m1/s1. The van der Waals surface area contributed by atoms with Crippen molar-refractivity contribution in [1.82, 2.24) is 14.5 Å². The van der Waals surface area contributed by atoms with Gasteiger partial charge in [-0.15, -0.1) is 0 Å². The summed E-state index contributed by atoms with van der Waals surface area (Å²) in [5.74, 6) is 1.35. The number of imidazole rings is 1. The minimum absolute atomic E-state index is 0.0315. The minimum Gasteiger partial charge on any atom is -0.478 e. The van der Waals surface area contributed by atoms with Gasteiger partial charge in [-0.2, -0.15) is 10.2 Å². The number of hydrogen-bond donors (Lipinski definition) is 1. The first-order valence-corrected chi connectivity index (χ1v) is 14.9. The fraction of sp³-hybridized carbons (Fsp3) is 0.394. The topological polar surface area (TPSA) is 114 Å². The molecule has 5 heterocycles. The smallest absolute Gasteiger partial charge is 0.335 e. The van der Waals surface area contributed by atoms with E-state index >= 15 is 0 Å². The van der Waals surface area contributed by atoms with Crippen LogP contribution in [0.4, 0.5) is 10.2 Å². The molecule has 3 fully saturated rings. The summed E-state index contributed by atoms with van der Waals surface area (Å²) in [6.45, 7) is 1.48. The van der Waals surface area contributed by atoms with Gasteiger partial charge in [0.15, 0.2) is 0 Å². The van der Waals surface area contributed by atoms with Crippen molar-refractivity contribution in [3.63, 3.8) is 0 Å². The molecule has 2 aromatic heterocycles. The number of ether oxygens (including phenoxy) is 2. The number of hydrogen-bond acceptors (Lipinski definition) is 7. The van der Waals surface area contributed by atoms with Gasteiger partial charge in [-0.3, -0.25) is 0 Å². The van der Waals surface area contributed by atoms with Gasteiger partial charge < -0.3 is 24.0 Å². The average Bonchev–Trinajstić information content (AvgIpc) is 3.46. The van der Waals surface area contributed by atoms with Crippen LogP contribution in [-0.2, 0) is 24.3 Å². The lowest BCUT2D eigenvalue weighted by molar-refractivity contribution is -0.0590. The van der Waals surface area contributed by atoms with Crippen LogP contribution >= 0.6 is 0 Å². The summed E-state index contributed by atoms with van der Waals surface area (Å²) in [4.78, 5) is 23.8. The predicted octanol–water partition coefficient (Wildman–Crippen LogP) is 5.50. The van der Waals surface area contributed by atoms with E-state index in [0.29, 0.717) is 36.0 Å². The molecule has 3 aliphatic heterocycles. The number of nitrogens with zero attached hydrogens (tertiary/aromatic N) is 5. The minimum atomic E-state index is -0.940. The second-order valence-electron chi connectivity index (χ2n) is 11.8. The third-order valence-electron chi connectivity index (χ3n) is 9.09. The van der Waals surface area contributed by atoms with Gasteiger partial charge in [0, 0.05) is 36.7 Å². The molecule has 7 rings (SSSR count). The van der Waals surface area contributed by atoms with Crippen LogP contribution in [0.2, 0.25) is 0 Å². The quantitative estimate of drug-likeness (QED) is 0.276. The molecule has 0 aliphatic carbocycles.